The standard InChI is InChI=1S/C20H21FN4O2/c1-12-10-25-11-13(20(26)24(2)3)9-16(19(25)22-12)23-15-7-8-27-17-6-4-5-14(21)18(15)17/h4-6,9-11,15,23H,7-8H2,1-3H3. The molecule has 0 bridgehead atoms. The predicted octanol–water partition coefficient (Wildman–Crippen LogP) is 3.42. The number of pyridine rings is 1. The van der Waals surface area contributed by atoms with Crippen LogP contribution in [0.3, 0.4) is 0 Å². The van der Waals surface area contributed by atoms with Gasteiger partial charge in [0.05, 0.1) is 35.2 Å². The van der Waals surface area contributed by atoms with Crippen molar-refractivity contribution in [2.45, 2.75) is 19.4 Å². The number of aryl methyl sites for hydroxylation is 1. The molecular weight excluding hydrogens is 347 g/mol. The van der Waals surface area contributed by atoms with E-state index in [1.807, 2.05) is 17.5 Å². The molecule has 1 aromatic carbocycles. The summed E-state index contributed by atoms with van der Waals surface area (Å²) in [7, 11) is 3.42. The van der Waals surface area contributed by atoms with Crippen molar-refractivity contribution in [1.82, 2.24) is 14.3 Å². The van der Waals surface area contributed by atoms with Crippen LogP contribution >= 0.6 is 0 Å². The second-order valence-electron chi connectivity index (χ2n) is 6.94. The number of nitrogens with one attached hydrogen (secondary N) is 1. The van der Waals surface area contributed by atoms with Gasteiger partial charge in [-0.15, -0.1) is 0 Å². The number of benzene rings is 1. The van der Waals surface area contributed by atoms with Crippen molar-refractivity contribution >= 4 is 17.2 Å². The number of imidazole rings is 1. The smallest absolute Gasteiger partial charge is 0.254 e. The third-order valence-electron chi connectivity index (χ3n) is 4.68. The Morgan fingerprint density at radius 1 is 1.37 bits per heavy atom. The molecule has 6 nitrogen and oxygen atoms in total. The molecule has 0 fully saturated rings. The summed E-state index contributed by atoms with van der Waals surface area (Å²) in [6.07, 6.45) is 4.25. The lowest BCUT2D eigenvalue weighted by Crippen LogP contribution is -2.24. The lowest BCUT2D eigenvalue weighted by Gasteiger charge is -2.28. The summed E-state index contributed by atoms with van der Waals surface area (Å²) in [5, 5.41) is 3.39. The molecule has 1 atom stereocenters. The summed E-state index contributed by atoms with van der Waals surface area (Å²) in [5.74, 6) is 0.139. The van der Waals surface area contributed by atoms with E-state index in [0.29, 0.717) is 41.2 Å². The van der Waals surface area contributed by atoms with Gasteiger partial charge in [0.25, 0.3) is 5.91 Å². The normalized spacial score (nSPS) is 15.9. The molecule has 0 saturated heterocycles. The molecule has 0 aliphatic carbocycles. The SMILES string of the molecule is Cc1cn2cc(C(=O)N(C)C)cc(NC3CCOc4cccc(F)c43)c2n1. The Labute approximate surface area is 156 Å². The lowest BCUT2D eigenvalue weighted by molar-refractivity contribution is 0.0827. The van der Waals surface area contributed by atoms with Crippen LogP contribution in [-0.2, 0) is 0 Å². The zero-order valence-electron chi connectivity index (χ0n) is 15.5. The number of carbonyl (C=O) groups is 1. The molecule has 140 valence electrons. The molecule has 2 aromatic heterocycles. The number of hydrogen-bond donors (Lipinski definition) is 1. The molecule has 3 heterocycles. The fraction of sp³-hybridized carbons (Fsp3) is 0.300. The third-order valence-corrected chi connectivity index (χ3v) is 4.68. The summed E-state index contributed by atoms with van der Waals surface area (Å²) >= 11 is 0. The molecule has 0 spiro atoms. The van der Waals surface area contributed by atoms with Gasteiger partial charge in [0.1, 0.15) is 11.6 Å². The van der Waals surface area contributed by atoms with Gasteiger partial charge in [-0.25, -0.2) is 9.37 Å². The minimum Gasteiger partial charge on any atom is -0.493 e. The zero-order valence-corrected chi connectivity index (χ0v) is 15.5. The summed E-state index contributed by atoms with van der Waals surface area (Å²) in [6, 6.07) is 6.36. The van der Waals surface area contributed by atoms with Crippen molar-refractivity contribution in [3.05, 3.63) is 59.3 Å². The van der Waals surface area contributed by atoms with Gasteiger partial charge >= 0.3 is 0 Å². The van der Waals surface area contributed by atoms with E-state index in [9.17, 15) is 9.18 Å². The molecule has 1 amide bonds. The van der Waals surface area contributed by atoms with E-state index in [1.165, 1.54) is 11.0 Å². The Morgan fingerprint density at radius 2 is 2.19 bits per heavy atom. The molecule has 0 saturated carbocycles. The maximum atomic E-state index is 14.5. The number of rotatable bonds is 3. The first-order valence-corrected chi connectivity index (χ1v) is 8.83. The van der Waals surface area contributed by atoms with Crippen LogP contribution in [0.4, 0.5) is 10.1 Å². The highest BCUT2D eigenvalue weighted by Gasteiger charge is 2.26. The predicted molar refractivity (Wildman–Crippen MR) is 101 cm³/mol. The van der Waals surface area contributed by atoms with Gasteiger partial charge in [-0.3, -0.25) is 4.79 Å². The van der Waals surface area contributed by atoms with Crippen LogP contribution in [-0.4, -0.2) is 40.9 Å². The maximum absolute atomic E-state index is 14.5. The van der Waals surface area contributed by atoms with Crippen LogP contribution in [0.2, 0.25) is 0 Å². The lowest BCUT2D eigenvalue weighted by atomic mass is 9.99. The fourth-order valence-electron chi connectivity index (χ4n) is 3.45. The van der Waals surface area contributed by atoms with Crippen molar-refractivity contribution in [2.75, 3.05) is 26.0 Å². The molecule has 1 unspecified atom stereocenters. The summed E-state index contributed by atoms with van der Waals surface area (Å²) in [5.41, 5.74) is 3.28. The maximum Gasteiger partial charge on any atom is 0.254 e. The first kappa shape index (κ1) is 17.3. The second-order valence-corrected chi connectivity index (χ2v) is 6.94. The van der Waals surface area contributed by atoms with Gasteiger partial charge in [-0.05, 0) is 25.1 Å². The number of ether oxygens (including phenoxy) is 1. The van der Waals surface area contributed by atoms with Gasteiger partial charge in [0, 0.05) is 32.9 Å². The first-order valence-electron chi connectivity index (χ1n) is 8.83. The van der Waals surface area contributed by atoms with Gasteiger partial charge in [-0.2, -0.15) is 0 Å². The molecule has 1 aliphatic heterocycles. The Hall–Kier alpha value is -3.09. The van der Waals surface area contributed by atoms with E-state index < -0.39 is 0 Å². The van der Waals surface area contributed by atoms with E-state index >= 15 is 0 Å². The first-order chi connectivity index (χ1) is 12.9. The molecule has 0 radical (unpaired) electrons. The van der Waals surface area contributed by atoms with E-state index in [4.69, 9.17) is 4.74 Å². The van der Waals surface area contributed by atoms with Crippen molar-refractivity contribution in [3.63, 3.8) is 0 Å². The Morgan fingerprint density at radius 3 is 2.96 bits per heavy atom. The Bertz CT molecular complexity index is 1030. The highest BCUT2D eigenvalue weighted by molar-refractivity contribution is 5.95. The van der Waals surface area contributed by atoms with Crippen molar-refractivity contribution in [3.8, 4) is 5.75 Å². The van der Waals surface area contributed by atoms with Gasteiger partial charge < -0.3 is 19.4 Å². The van der Waals surface area contributed by atoms with Crippen molar-refractivity contribution < 1.29 is 13.9 Å². The molecule has 4 rings (SSSR count). The summed E-state index contributed by atoms with van der Waals surface area (Å²) < 4.78 is 21.9. The van der Waals surface area contributed by atoms with E-state index in [-0.39, 0.29) is 17.8 Å². The van der Waals surface area contributed by atoms with Crippen LogP contribution < -0.4 is 10.1 Å². The topological polar surface area (TPSA) is 58.9 Å². The number of anilines is 1. The van der Waals surface area contributed by atoms with Crippen LogP contribution in [0.15, 0.2) is 36.7 Å². The molecule has 3 aromatic rings. The molecule has 1 aliphatic rings. The summed E-state index contributed by atoms with van der Waals surface area (Å²) in [4.78, 5) is 18.6. The average molecular weight is 368 g/mol. The highest BCUT2D eigenvalue weighted by atomic mass is 19.1. The minimum atomic E-state index is -0.305. The van der Waals surface area contributed by atoms with Crippen molar-refractivity contribution in [2.24, 2.45) is 0 Å². The van der Waals surface area contributed by atoms with Crippen LogP contribution in [0.1, 0.15) is 34.1 Å². The average Bonchev–Trinajstić information content (AvgIpc) is 3.01. The summed E-state index contributed by atoms with van der Waals surface area (Å²) in [6.45, 7) is 2.39. The second kappa shape index (κ2) is 6.57. The Balaban J connectivity index is 1.80. The van der Waals surface area contributed by atoms with Gasteiger partial charge in [-0.1, -0.05) is 6.07 Å². The number of hydrogen-bond acceptors (Lipinski definition) is 4. The van der Waals surface area contributed by atoms with E-state index in [0.717, 1.165) is 5.69 Å². The Kier molecular flexibility index (Phi) is 4.22. The molecule has 27 heavy (non-hydrogen) atoms. The van der Waals surface area contributed by atoms with Crippen LogP contribution in [0.5, 0.6) is 5.75 Å². The number of nitrogens with zero attached hydrogens (tertiary/aromatic N) is 3. The number of carbonyl (C=O) groups excluding carboxylic acids is 1. The van der Waals surface area contributed by atoms with Crippen molar-refractivity contribution in [1.29, 1.82) is 0 Å². The number of halogens is 1. The fourth-order valence-corrected chi connectivity index (χ4v) is 3.45. The van der Waals surface area contributed by atoms with Crippen LogP contribution in [0.25, 0.3) is 5.65 Å². The van der Waals surface area contributed by atoms with E-state index in [1.54, 1.807) is 38.5 Å². The highest BCUT2D eigenvalue weighted by Crippen LogP contribution is 2.37. The monoisotopic (exact) mass is 368 g/mol. The van der Waals surface area contributed by atoms with Crippen LogP contribution in [0, 0.1) is 12.7 Å². The number of amides is 1. The quantitative estimate of drug-likeness (QED) is 0.770. The van der Waals surface area contributed by atoms with E-state index in [2.05, 4.69) is 10.3 Å². The largest absolute Gasteiger partial charge is 0.493 e. The molecule has 1 N–H and O–H groups in total. The molecular formula is C20H21FN4O2. The van der Waals surface area contributed by atoms with Gasteiger partial charge in [0.15, 0.2) is 5.65 Å². The third kappa shape index (κ3) is 3.09. The zero-order chi connectivity index (χ0) is 19.1. The number of aromatic nitrogens is 2. The van der Waals surface area contributed by atoms with Gasteiger partial charge in [0.2, 0.25) is 0 Å². The minimum absolute atomic E-state index is 0.107. The number of fused-ring (bicyclic) bond motifs is 2. The molecule has 7 heteroatoms.